The van der Waals surface area contributed by atoms with Crippen molar-refractivity contribution < 1.29 is 0 Å². The van der Waals surface area contributed by atoms with E-state index in [4.69, 9.17) is 0 Å². The second-order valence-corrected chi connectivity index (χ2v) is 19.9. The predicted octanol–water partition coefficient (Wildman–Crippen LogP) is 15.2. The van der Waals surface area contributed by atoms with Crippen LogP contribution in [0.15, 0.2) is 274 Å². The Hall–Kier alpha value is -7.99. The summed E-state index contributed by atoms with van der Waals surface area (Å²) in [6.07, 6.45) is 0. The molecule has 0 spiro atoms. The number of benzene rings is 10. The van der Waals surface area contributed by atoms with Crippen LogP contribution in [0.3, 0.4) is 0 Å². The lowest BCUT2D eigenvalue weighted by molar-refractivity contribution is 1.15. The minimum atomic E-state index is -1.98. The van der Waals surface area contributed by atoms with Gasteiger partial charge in [0.05, 0.1) is 5.69 Å². The number of nitrogens with zero attached hydrogens (tertiary/aromatic N) is 3. The Morgan fingerprint density at radius 1 is 0.369 bits per heavy atom. The van der Waals surface area contributed by atoms with Crippen molar-refractivity contribution in [1.82, 2.24) is 0 Å². The van der Waals surface area contributed by atoms with Crippen LogP contribution in [0.5, 0.6) is 0 Å². The summed E-state index contributed by atoms with van der Waals surface area (Å²) in [5, 5.41) is 0. The summed E-state index contributed by atoms with van der Waals surface area (Å²) in [5.41, 5.74) is 16.9. The van der Waals surface area contributed by atoms with Crippen LogP contribution in [0.25, 0.3) is 22.3 Å². The number of fused-ring (bicyclic) bond motifs is 6. The molecule has 306 valence electrons. The van der Waals surface area contributed by atoms with E-state index in [-0.39, 0.29) is 6.85 Å². The van der Waals surface area contributed by atoms with Gasteiger partial charge >= 0.3 is 6.85 Å². The lowest BCUT2D eigenvalue weighted by atomic mass is 9.43. The summed E-state index contributed by atoms with van der Waals surface area (Å²) in [6.45, 7) is -0.160. The molecule has 0 aliphatic carbocycles. The monoisotopic (exact) mass is 847 g/mol. The molecule has 10 aromatic rings. The van der Waals surface area contributed by atoms with Gasteiger partial charge in [-0.25, -0.2) is 0 Å². The van der Waals surface area contributed by atoms with Gasteiger partial charge in [0.1, 0.15) is 0 Å². The molecule has 0 fully saturated rings. The van der Waals surface area contributed by atoms with E-state index in [9.17, 15) is 0 Å². The lowest BCUT2D eigenvalue weighted by Gasteiger charge is -2.55. The molecule has 5 heteroatoms. The SMILES string of the molecule is c1ccc(-c2cc3c4c(c2)N(c2ccccc2)c2ccc(N(c5ccccc5)c5ccccc5)cc2B4N2c4ccccc4S(c4ccccc4)(c4ccccc4)c4cccc-3c42)cc1. The molecule has 0 unspecified atom stereocenters. The average Bonchev–Trinajstić information content (AvgIpc) is 3.39. The first-order valence-corrected chi connectivity index (χ1v) is 24.0. The highest BCUT2D eigenvalue weighted by molar-refractivity contribution is 8.34. The van der Waals surface area contributed by atoms with Crippen LogP contribution in [-0.4, -0.2) is 6.85 Å². The quantitative estimate of drug-likeness (QED) is 0.148. The van der Waals surface area contributed by atoms with E-state index < -0.39 is 10.0 Å². The maximum Gasteiger partial charge on any atom is 0.333 e. The minimum absolute atomic E-state index is 0.160. The van der Waals surface area contributed by atoms with Gasteiger partial charge in [-0.3, -0.25) is 0 Å². The molecule has 0 amide bonds. The van der Waals surface area contributed by atoms with Crippen molar-refractivity contribution in [3.05, 3.63) is 255 Å². The van der Waals surface area contributed by atoms with Crippen LogP contribution in [-0.2, 0) is 0 Å². The Morgan fingerprint density at radius 3 is 1.57 bits per heavy atom. The normalized spacial score (nSPS) is 14.1. The van der Waals surface area contributed by atoms with E-state index in [1.165, 1.54) is 75.5 Å². The van der Waals surface area contributed by atoms with Gasteiger partial charge < -0.3 is 14.6 Å². The standard InChI is InChI=1S/C60H42BN3S/c1-7-22-43(23-8-1)44-40-52-51-34-21-37-58-60(51)64(55-35-19-20-36-57(55)65(58,49-30-15-5-16-31-49)50-32-17-6-18-33-50)61-53-42-48(62(45-24-9-2-10-25-45)46-26-11-3-12-27-46)38-39-54(53)63(56(41-44)59(52)61)47-28-13-4-14-29-47/h1-42H. The summed E-state index contributed by atoms with van der Waals surface area (Å²) in [6, 6.07) is 94.5. The van der Waals surface area contributed by atoms with Crippen molar-refractivity contribution in [1.29, 1.82) is 0 Å². The molecule has 0 saturated carbocycles. The number of anilines is 8. The molecule has 3 heterocycles. The molecule has 0 aromatic heterocycles. The average molecular weight is 848 g/mol. The van der Waals surface area contributed by atoms with E-state index in [2.05, 4.69) is 269 Å². The number of para-hydroxylation sites is 5. The molecule has 13 rings (SSSR count). The van der Waals surface area contributed by atoms with Crippen molar-refractivity contribution in [2.45, 2.75) is 19.6 Å². The molecule has 3 aliphatic rings. The van der Waals surface area contributed by atoms with Gasteiger partial charge in [-0.2, -0.15) is 0 Å². The van der Waals surface area contributed by atoms with Crippen LogP contribution in [0, 0.1) is 0 Å². The smallest absolute Gasteiger partial charge is 0.333 e. The van der Waals surface area contributed by atoms with E-state index in [0.717, 1.165) is 22.7 Å². The summed E-state index contributed by atoms with van der Waals surface area (Å²) < 4.78 is 0. The maximum atomic E-state index is 2.73. The Balaban J connectivity index is 1.17. The third-order valence-electron chi connectivity index (χ3n) is 13.4. The molecular formula is C60H42BN3S. The zero-order valence-corrected chi connectivity index (χ0v) is 36.4. The van der Waals surface area contributed by atoms with E-state index >= 15 is 0 Å². The zero-order chi connectivity index (χ0) is 42.9. The number of hydrogen-bond acceptors (Lipinski definition) is 3. The molecule has 0 saturated heterocycles. The van der Waals surface area contributed by atoms with Crippen molar-refractivity contribution in [3.8, 4) is 22.3 Å². The van der Waals surface area contributed by atoms with Crippen molar-refractivity contribution in [2.75, 3.05) is 14.6 Å². The van der Waals surface area contributed by atoms with Crippen LogP contribution in [0.2, 0.25) is 0 Å². The third-order valence-corrected chi connectivity index (χ3v) is 17.3. The fourth-order valence-electron chi connectivity index (χ4n) is 10.8. The highest BCUT2D eigenvalue weighted by Crippen LogP contribution is 2.80. The fraction of sp³-hybridized carbons (Fsp3) is 0. The van der Waals surface area contributed by atoms with Crippen molar-refractivity contribution in [2.24, 2.45) is 0 Å². The number of rotatable bonds is 7. The molecule has 3 aliphatic heterocycles. The molecule has 65 heavy (non-hydrogen) atoms. The number of hydrogen-bond donors (Lipinski definition) is 0. The summed E-state index contributed by atoms with van der Waals surface area (Å²) in [5.74, 6) is 0. The Bertz CT molecular complexity index is 3310. The van der Waals surface area contributed by atoms with E-state index in [1.54, 1.807) is 0 Å². The van der Waals surface area contributed by atoms with Gasteiger partial charge in [0.2, 0.25) is 0 Å². The van der Waals surface area contributed by atoms with Crippen LogP contribution < -0.4 is 25.5 Å². The first-order chi connectivity index (χ1) is 32.3. The molecule has 0 bridgehead atoms. The van der Waals surface area contributed by atoms with Gasteiger partial charge in [-0.05, 0) is 137 Å². The fourth-order valence-corrected chi connectivity index (χ4v) is 15.0. The molecule has 0 N–H and O–H groups in total. The largest absolute Gasteiger partial charge is 0.375 e. The van der Waals surface area contributed by atoms with Gasteiger partial charge in [0.25, 0.3) is 0 Å². The summed E-state index contributed by atoms with van der Waals surface area (Å²) in [7, 11) is -1.98. The minimum Gasteiger partial charge on any atom is -0.375 e. The first kappa shape index (κ1) is 37.6. The predicted molar refractivity (Wildman–Crippen MR) is 274 cm³/mol. The molecule has 10 aromatic carbocycles. The summed E-state index contributed by atoms with van der Waals surface area (Å²) in [4.78, 5) is 13.0. The summed E-state index contributed by atoms with van der Waals surface area (Å²) >= 11 is 0. The van der Waals surface area contributed by atoms with Crippen LogP contribution in [0.1, 0.15) is 0 Å². The van der Waals surface area contributed by atoms with E-state index in [0.29, 0.717) is 0 Å². The Kier molecular flexibility index (Phi) is 8.72. The first-order valence-electron chi connectivity index (χ1n) is 22.4. The maximum absolute atomic E-state index is 2.73. The van der Waals surface area contributed by atoms with Gasteiger partial charge in [0, 0.05) is 65.0 Å². The Labute approximate surface area is 382 Å². The molecule has 0 radical (unpaired) electrons. The van der Waals surface area contributed by atoms with Gasteiger partial charge in [-0.1, -0.05) is 146 Å². The van der Waals surface area contributed by atoms with E-state index in [1.807, 2.05) is 0 Å². The van der Waals surface area contributed by atoms with Crippen LogP contribution >= 0.6 is 10.0 Å². The van der Waals surface area contributed by atoms with Crippen molar-refractivity contribution in [3.63, 3.8) is 0 Å². The molecule has 3 nitrogen and oxygen atoms in total. The highest BCUT2D eigenvalue weighted by Gasteiger charge is 2.52. The molecule has 0 atom stereocenters. The molecular weight excluding hydrogens is 806 g/mol. The second-order valence-electron chi connectivity index (χ2n) is 16.9. The van der Waals surface area contributed by atoms with Gasteiger partial charge in [0.15, 0.2) is 0 Å². The van der Waals surface area contributed by atoms with Crippen molar-refractivity contribution >= 4 is 73.3 Å². The third kappa shape index (κ3) is 5.65. The lowest BCUT2D eigenvalue weighted by Crippen LogP contribution is -2.62. The second kappa shape index (κ2) is 15.1. The van der Waals surface area contributed by atoms with Gasteiger partial charge in [-0.15, -0.1) is 10.0 Å². The zero-order valence-electron chi connectivity index (χ0n) is 35.6. The van der Waals surface area contributed by atoms with Crippen LogP contribution in [0.4, 0.5) is 45.5 Å². The topological polar surface area (TPSA) is 9.72 Å². The Morgan fingerprint density at radius 2 is 0.923 bits per heavy atom. The highest BCUT2D eigenvalue weighted by atomic mass is 32.3.